The maximum Gasteiger partial charge on any atom is 0.224 e. The van der Waals surface area contributed by atoms with Crippen molar-refractivity contribution in [1.82, 2.24) is 0 Å². The molecule has 0 saturated heterocycles. The first-order valence-corrected chi connectivity index (χ1v) is 7.17. The van der Waals surface area contributed by atoms with Crippen molar-refractivity contribution in [3.8, 4) is 0 Å². The van der Waals surface area contributed by atoms with Gasteiger partial charge in [0.05, 0.1) is 0 Å². The van der Waals surface area contributed by atoms with E-state index in [4.69, 9.17) is 0 Å². The van der Waals surface area contributed by atoms with Crippen LogP contribution < -0.4 is 5.32 Å². The lowest BCUT2D eigenvalue weighted by Gasteiger charge is -2.51. The summed E-state index contributed by atoms with van der Waals surface area (Å²) in [5.74, 6) is 0.681. The van der Waals surface area contributed by atoms with E-state index in [0.717, 1.165) is 12.1 Å². The number of carbonyl (C=O) groups is 2. The Balaban J connectivity index is 1.90. The summed E-state index contributed by atoms with van der Waals surface area (Å²) in [5, 5.41) is 2.93. The van der Waals surface area contributed by atoms with E-state index in [1.807, 2.05) is 31.2 Å². The SMILES string of the molecule is CC(=O)[C@H]1C[C@@H](CC(=O)Nc2ccc(C)cc2)C1(C)C. The predicted octanol–water partition coefficient (Wildman–Crippen LogP) is 3.57. The van der Waals surface area contributed by atoms with Gasteiger partial charge in [0.2, 0.25) is 5.91 Å². The Morgan fingerprint density at radius 2 is 1.85 bits per heavy atom. The Hall–Kier alpha value is -1.64. The number of hydrogen-bond donors (Lipinski definition) is 1. The molecule has 3 heteroatoms. The second-order valence-electron chi connectivity index (χ2n) is 6.54. The predicted molar refractivity (Wildman–Crippen MR) is 80.5 cm³/mol. The number of ketones is 1. The standard InChI is InChI=1S/C17H23NO2/c1-11-5-7-14(8-6-11)18-16(20)10-13-9-15(12(2)19)17(13,3)4/h5-8,13,15H,9-10H2,1-4H3,(H,18,20)/t13-,15+/m0/s1. The van der Waals surface area contributed by atoms with Crippen LogP contribution in [-0.2, 0) is 9.59 Å². The van der Waals surface area contributed by atoms with Gasteiger partial charge in [-0.15, -0.1) is 0 Å². The molecule has 108 valence electrons. The summed E-state index contributed by atoms with van der Waals surface area (Å²) in [6, 6.07) is 7.79. The zero-order valence-corrected chi connectivity index (χ0v) is 12.7. The Morgan fingerprint density at radius 1 is 1.25 bits per heavy atom. The number of amides is 1. The van der Waals surface area contributed by atoms with Crippen LogP contribution in [0.4, 0.5) is 5.69 Å². The number of nitrogens with one attached hydrogen (secondary N) is 1. The lowest BCUT2D eigenvalue weighted by molar-refractivity contribution is -0.139. The fourth-order valence-corrected chi connectivity index (χ4v) is 3.12. The van der Waals surface area contributed by atoms with Crippen molar-refractivity contribution in [2.45, 2.75) is 40.5 Å². The molecule has 2 rings (SSSR count). The first-order chi connectivity index (χ1) is 9.30. The molecule has 1 amide bonds. The first-order valence-electron chi connectivity index (χ1n) is 7.17. The molecule has 2 atom stereocenters. The van der Waals surface area contributed by atoms with E-state index in [1.54, 1.807) is 6.92 Å². The zero-order valence-electron chi connectivity index (χ0n) is 12.7. The van der Waals surface area contributed by atoms with Crippen molar-refractivity contribution in [3.63, 3.8) is 0 Å². The second kappa shape index (κ2) is 5.39. The molecule has 0 aromatic heterocycles. The van der Waals surface area contributed by atoms with Crippen molar-refractivity contribution < 1.29 is 9.59 Å². The Kier molecular flexibility index (Phi) is 3.98. The first kappa shape index (κ1) is 14.8. The fourth-order valence-electron chi connectivity index (χ4n) is 3.12. The molecule has 3 nitrogen and oxygen atoms in total. The van der Waals surface area contributed by atoms with Crippen LogP contribution >= 0.6 is 0 Å². The van der Waals surface area contributed by atoms with E-state index in [-0.39, 0.29) is 23.0 Å². The summed E-state index contributed by atoms with van der Waals surface area (Å²) in [6.07, 6.45) is 1.33. The van der Waals surface area contributed by atoms with E-state index >= 15 is 0 Å². The van der Waals surface area contributed by atoms with Gasteiger partial charge in [0, 0.05) is 18.0 Å². The van der Waals surface area contributed by atoms with Crippen LogP contribution in [0.15, 0.2) is 24.3 Å². The van der Waals surface area contributed by atoms with Crippen LogP contribution in [0.5, 0.6) is 0 Å². The molecule has 0 heterocycles. The molecular formula is C17H23NO2. The van der Waals surface area contributed by atoms with Gasteiger partial charge in [-0.3, -0.25) is 9.59 Å². The van der Waals surface area contributed by atoms with Crippen molar-refractivity contribution in [2.24, 2.45) is 17.3 Å². The Labute approximate surface area is 120 Å². The highest BCUT2D eigenvalue weighted by Crippen LogP contribution is 2.53. The molecule has 0 spiro atoms. The molecule has 0 unspecified atom stereocenters. The third kappa shape index (κ3) is 2.92. The summed E-state index contributed by atoms with van der Waals surface area (Å²) in [5.41, 5.74) is 1.95. The third-order valence-electron chi connectivity index (χ3n) is 4.73. The zero-order chi connectivity index (χ0) is 14.9. The minimum absolute atomic E-state index is 0.0360. The fraction of sp³-hybridized carbons (Fsp3) is 0.529. The van der Waals surface area contributed by atoms with Gasteiger partial charge in [-0.05, 0) is 43.7 Å². The van der Waals surface area contributed by atoms with Gasteiger partial charge in [0.1, 0.15) is 5.78 Å². The Morgan fingerprint density at radius 3 is 2.35 bits per heavy atom. The van der Waals surface area contributed by atoms with E-state index in [0.29, 0.717) is 12.3 Å². The number of hydrogen-bond acceptors (Lipinski definition) is 2. The molecule has 1 aliphatic rings. The van der Waals surface area contributed by atoms with Gasteiger partial charge < -0.3 is 5.32 Å². The minimum Gasteiger partial charge on any atom is -0.326 e. The summed E-state index contributed by atoms with van der Waals surface area (Å²) in [6.45, 7) is 7.85. The number of benzene rings is 1. The number of carbonyl (C=O) groups excluding carboxylic acids is 2. The van der Waals surface area contributed by atoms with Crippen LogP contribution in [0.3, 0.4) is 0 Å². The van der Waals surface area contributed by atoms with E-state index in [1.165, 1.54) is 5.56 Å². The number of rotatable bonds is 4. The van der Waals surface area contributed by atoms with Gasteiger partial charge in [0.25, 0.3) is 0 Å². The molecule has 20 heavy (non-hydrogen) atoms. The normalized spacial score (nSPS) is 23.8. The molecule has 1 N–H and O–H groups in total. The maximum absolute atomic E-state index is 12.1. The minimum atomic E-state index is -0.0591. The van der Waals surface area contributed by atoms with Gasteiger partial charge in [0.15, 0.2) is 0 Å². The molecule has 1 fully saturated rings. The summed E-state index contributed by atoms with van der Waals surface area (Å²) < 4.78 is 0. The number of Topliss-reactive ketones (excluding diaryl/α,β-unsaturated/α-hetero) is 1. The largest absolute Gasteiger partial charge is 0.326 e. The smallest absolute Gasteiger partial charge is 0.224 e. The van der Waals surface area contributed by atoms with Crippen molar-refractivity contribution in [2.75, 3.05) is 5.32 Å². The quantitative estimate of drug-likeness (QED) is 0.911. The van der Waals surface area contributed by atoms with Crippen LogP contribution in [0.2, 0.25) is 0 Å². The average molecular weight is 273 g/mol. The highest BCUT2D eigenvalue weighted by molar-refractivity contribution is 5.91. The van der Waals surface area contributed by atoms with Gasteiger partial charge in [-0.25, -0.2) is 0 Å². The van der Waals surface area contributed by atoms with Gasteiger partial charge in [-0.2, -0.15) is 0 Å². The molecule has 0 bridgehead atoms. The Bertz CT molecular complexity index is 516. The van der Waals surface area contributed by atoms with Crippen LogP contribution in [0.25, 0.3) is 0 Å². The summed E-state index contributed by atoms with van der Waals surface area (Å²) in [4.78, 5) is 23.6. The molecular weight excluding hydrogens is 250 g/mol. The van der Waals surface area contributed by atoms with Gasteiger partial charge in [-0.1, -0.05) is 31.5 Å². The summed E-state index contributed by atoms with van der Waals surface area (Å²) in [7, 11) is 0. The van der Waals surface area contributed by atoms with Crippen molar-refractivity contribution in [3.05, 3.63) is 29.8 Å². The van der Waals surface area contributed by atoms with Crippen molar-refractivity contribution in [1.29, 1.82) is 0 Å². The second-order valence-corrected chi connectivity index (χ2v) is 6.54. The summed E-state index contributed by atoms with van der Waals surface area (Å²) >= 11 is 0. The highest BCUT2D eigenvalue weighted by Gasteiger charge is 2.50. The van der Waals surface area contributed by atoms with Crippen LogP contribution in [0, 0.1) is 24.2 Å². The van der Waals surface area contributed by atoms with E-state index < -0.39 is 0 Å². The topological polar surface area (TPSA) is 46.2 Å². The van der Waals surface area contributed by atoms with Crippen LogP contribution in [0.1, 0.15) is 39.2 Å². The molecule has 0 radical (unpaired) electrons. The molecule has 1 aliphatic carbocycles. The van der Waals surface area contributed by atoms with Gasteiger partial charge >= 0.3 is 0 Å². The third-order valence-corrected chi connectivity index (χ3v) is 4.73. The number of aryl methyl sites for hydroxylation is 1. The lowest BCUT2D eigenvalue weighted by atomic mass is 9.52. The molecule has 0 aliphatic heterocycles. The average Bonchev–Trinajstić information content (AvgIpc) is 2.36. The highest BCUT2D eigenvalue weighted by atomic mass is 16.1. The molecule has 1 aromatic carbocycles. The molecule has 1 saturated carbocycles. The van der Waals surface area contributed by atoms with Crippen molar-refractivity contribution >= 4 is 17.4 Å². The van der Waals surface area contributed by atoms with Crippen LogP contribution in [-0.4, -0.2) is 11.7 Å². The monoisotopic (exact) mass is 273 g/mol. The number of anilines is 1. The maximum atomic E-state index is 12.1. The molecule has 1 aromatic rings. The van der Waals surface area contributed by atoms with E-state index in [2.05, 4.69) is 19.2 Å². The van der Waals surface area contributed by atoms with E-state index in [9.17, 15) is 9.59 Å². The lowest BCUT2D eigenvalue weighted by Crippen LogP contribution is -2.49.